The van der Waals surface area contributed by atoms with Crippen LogP contribution in [0.1, 0.15) is 36.8 Å². The maximum atomic E-state index is 12.7. The number of amides is 1. The smallest absolute Gasteiger partial charge is 0.306 e. The number of benzene rings is 2. The van der Waals surface area contributed by atoms with Gasteiger partial charge in [0, 0.05) is 39.0 Å². The number of rotatable bonds is 8. The largest absolute Gasteiger partial charge is 0.466 e. The van der Waals surface area contributed by atoms with E-state index in [9.17, 15) is 9.59 Å². The summed E-state index contributed by atoms with van der Waals surface area (Å²) in [5.74, 6) is 1.21. The fraction of sp³-hybridized carbons (Fsp3) is 0.345. The van der Waals surface area contributed by atoms with Crippen LogP contribution in [-0.2, 0) is 20.7 Å². The Morgan fingerprint density at radius 3 is 2.26 bits per heavy atom. The third-order valence-corrected chi connectivity index (χ3v) is 6.72. The maximum absolute atomic E-state index is 12.7. The molecule has 0 N–H and O–H groups in total. The van der Waals surface area contributed by atoms with Crippen molar-refractivity contribution in [1.82, 2.24) is 24.6 Å². The number of carbonyl (C=O) groups excluding carboxylic acids is 2. The van der Waals surface area contributed by atoms with Gasteiger partial charge in [0.15, 0.2) is 5.65 Å². The predicted molar refractivity (Wildman–Crippen MR) is 145 cm³/mol. The third-order valence-electron chi connectivity index (χ3n) is 6.72. The SMILES string of the molecule is CCOC(=O)CCC(=O)N1CCN(c2nc(Cc3ccccc3)nc3c2c(C)nn3-c2ccccc2)CC1. The van der Waals surface area contributed by atoms with E-state index < -0.39 is 0 Å². The summed E-state index contributed by atoms with van der Waals surface area (Å²) in [5, 5.41) is 5.77. The van der Waals surface area contributed by atoms with Crippen molar-refractivity contribution < 1.29 is 14.3 Å². The maximum Gasteiger partial charge on any atom is 0.306 e. The second-order valence-electron chi connectivity index (χ2n) is 9.33. The molecule has 0 unspecified atom stereocenters. The van der Waals surface area contributed by atoms with Crippen LogP contribution >= 0.6 is 0 Å². The number of ether oxygens (including phenoxy) is 1. The quantitative estimate of drug-likeness (QED) is 0.332. The molecule has 0 saturated carbocycles. The Labute approximate surface area is 222 Å². The second-order valence-corrected chi connectivity index (χ2v) is 9.33. The summed E-state index contributed by atoms with van der Waals surface area (Å²) in [7, 11) is 0. The summed E-state index contributed by atoms with van der Waals surface area (Å²) in [6, 6.07) is 20.2. The van der Waals surface area contributed by atoms with Gasteiger partial charge < -0.3 is 14.5 Å². The van der Waals surface area contributed by atoms with Crippen LogP contribution in [0.15, 0.2) is 60.7 Å². The summed E-state index contributed by atoms with van der Waals surface area (Å²) in [5.41, 5.74) is 3.71. The number of carbonyl (C=O) groups is 2. The van der Waals surface area contributed by atoms with E-state index in [2.05, 4.69) is 17.0 Å². The van der Waals surface area contributed by atoms with E-state index in [1.807, 2.05) is 65.0 Å². The molecule has 1 amide bonds. The van der Waals surface area contributed by atoms with Crippen molar-refractivity contribution in [3.8, 4) is 5.69 Å². The number of anilines is 1. The van der Waals surface area contributed by atoms with Crippen LogP contribution < -0.4 is 4.90 Å². The van der Waals surface area contributed by atoms with E-state index in [1.54, 1.807) is 6.92 Å². The summed E-state index contributed by atoms with van der Waals surface area (Å²) >= 11 is 0. The zero-order valence-corrected chi connectivity index (χ0v) is 21.8. The molecule has 0 aliphatic carbocycles. The van der Waals surface area contributed by atoms with Crippen molar-refractivity contribution in [2.45, 2.75) is 33.1 Å². The van der Waals surface area contributed by atoms with Gasteiger partial charge in [0.2, 0.25) is 5.91 Å². The molecule has 0 radical (unpaired) electrons. The van der Waals surface area contributed by atoms with Gasteiger partial charge >= 0.3 is 5.97 Å². The molecule has 0 spiro atoms. The Hall–Kier alpha value is -4.27. The van der Waals surface area contributed by atoms with E-state index >= 15 is 0 Å². The summed E-state index contributed by atoms with van der Waals surface area (Å²) in [4.78, 5) is 38.4. The standard InChI is InChI=1S/C29H32N6O3/c1-3-38-26(37)15-14-25(36)33-16-18-34(19-17-33)28-27-21(2)32-35(23-12-8-5-9-13-23)29(27)31-24(30-28)20-22-10-6-4-7-11-22/h4-13H,3,14-20H2,1-2H3. The highest BCUT2D eigenvalue weighted by Crippen LogP contribution is 2.30. The van der Waals surface area contributed by atoms with Gasteiger partial charge in [-0.25, -0.2) is 14.6 Å². The number of esters is 1. The molecule has 196 valence electrons. The zero-order chi connectivity index (χ0) is 26.5. The summed E-state index contributed by atoms with van der Waals surface area (Å²) in [6.07, 6.45) is 0.885. The second kappa shape index (κ2) is 11.4. The first kappa shape index (κ1) is 25.4. The Balaban J connectivity index is 1.43. The molecular formula is C29H32N6O3. The molecule has 1 fully saturated rings. The number of piperazine rings is 1. The number of aromatic nitrogens is 4. The van der Waals surface area contributed by atoms with Crippen LogP contribution in [-0.4, -0.2) is 69.3 Å². The monoisotopic (exact) mass is 512 g/mol. The van der Waals surface area contributed by atoms with Crippen LogP contribution in [0.2, 0.25) is 0 Å². The molecule has 1 saturated heterocycles. The zero-order valence-electron chi connectivity index (χ0n) is 21.8. The lowest BCUT2D eigenvalue weighted by molar-refractivity contribution is -0.145. The van der Waals surface area contributed by atoms with Crippen LogP contribution in [0.3, 0.4) is 0 Å². The lowest BCUT2D eigenvalue weighted by Crippen LogP contribution is -2.49. The molecular weight excluding hydrogens is 480 g/mol. The molecule has 2 aromatic heterocycles. The molecule has 1 aliphatic rings. The minimum absolute atomic E-state index is 0.0246. The predicted octanol–water partition coefficient (Wildman–Crippen LogP) is 3.71. The van der Waals surface area contributed by atoms with E-state index in [-0.39, 0.29) is 24.7 Å². The molecule has 4 aromatic rings. The molecule has 38 heavy (non-hydrogen) atoms. The first-order chi connectivity index (χ1) is 18.5. The van der Waals surface area contributed by atoms with E-state index in [0.29, 0.717) is 39.2 Å². The first-order valence-electron chi connectivity index (χ1n) is 13.1. The molecule has 2 aromatic carbocycles. The molecule has 1 aliphatic heterocycles. The molecule has 3 heterocycles. The van der Waals surface area contributed by atoms with Crippen molar-refractivity contribution in [2.75, 3.05) is 37.7 Å². The summed E-state index contributed by atoms with van der Waals surface area (Å²) in [6.45, 7) is 6.47. The highest BCUT2D eigenvalue weighted by atomic mass is 16.5. The van der Waals surface area contributed by atoms with Crippen molar-refractivity contribution in [1.29, 1.82) is 0 Å². The minimum atomic E-state index is -0.334. The molecule has 9 heteroatoms. The van der Waals surface area contributed by atoms with E-state index in [0.717, 1.165) is 39.6 Å². The van der Waals surface area contributed by atoms with Gasteiger partial charge in [-0.2, -0.15) is 5.10 Å². The van der Waals surface area contributed by atoms with Crippen molar-refractivity contribution in [2.24, 2.45) is 0 Å². The van der Waals surface area contributed by atoms with Gasteiger partial charge in [-0.3, -0.25) is 9.59 Å². The Bertz CT molecular complexity index is 1410. The number of para-hydroxylation sites is 1. The van der Waals surface area contributed by atoms with Crippen LogP contribution in [0.4, 0.5) is 5.82 Å². The average Bonchev–Trinajstić information content (AvgIpc) is 3.28. The number of hydrogen-bond donors (Lipinski definition) is 0. The van der Waals surface area contributed by atoms with E-state index in [4.69, 9.17) is 19.8 Å². The van der Waals surface area contributed by atoms with Gasteiger partial charge in [-0.05, 0) is 31.5 Å². The normalized spacial score (nSPS) is 13.6. The lowest BCUT2D eigenvalue weighted by Gasteiger charge is -2.35. The Morgan fingerprint density at radius 2 is 1.58 bits per heavy atom. The van der Waals surface area contributed by atoms with Gasteiger partial charge in [-0.1, -0.05) is 48.5 Å². The minimum Gasteiger partial charge on any atom is -0.466 e. The number of fused-ring (bicyclic) bond motifs is 1. The van der Waals surface area contributed by atoms with Crippen molar-refractivity contribution >= 4 is 28.7 Å². The highest BCUT2D eigenvalue weighted by Gasteiger charge is 2.26. The molecule has 0 bridgehead atoms. The fourth-order valence-corrected chi connectivity index (χ4v) is 4.81. The molecule has 5 rings (SSSR count). The number of aryl methyl sites for hydroxylation is 1. The van der Waals surface area contributed by atoms with E-state index in [1.165, 1.54) is 0 Å². The Kier molecular flexibility index (Phi) is 7.62. The average molecular weight is 513 g/mol. The highest BCUT2D eigenvalue weighted by molar-refractivity contribution is 5.91. The third kappa shape index (κ3) is 5.51. The van der Waals surface area contributed by atoms with Gasteiger partial charge in [0.25, 0.3) is 0 Å². The molecule has 0 atom stereocenters. The van der Waals surface area contributed by atoms with Crippen LogP contribution in [0, 0.1) is 6.92 Å². The van der Waals surface area contributed by atoms with Crippen molar-refractivity contribution in [3.05, 3.63) is 77.7 Å². The summed E-state index contributed by atoms with van der Waals surface area (Å²) < 4.78 is 6.84. The van der Waals surface area contributed by atoms with Gasteiger partial charge in [-0.15, -0.1) is 0 Å². The first-order valence-corrected chi connectivity index (χ1v) is 13.1. The number of hydrogen-bond acceptors (Lipinski definition) is 7. The topological polar surface area (TPSA) is 93.5 Å². The lowest BCUT2D eigenvalue weighted by atomic mass is 10.1. The molecule has 9 nitrogen and oxygen atoms in total. The number of nitrogens with zero attached hydrogens (tertiary/aromatic N) is 6. The Morgan fingerprint density at radius 1 is 0.895 bits per heavy atom. The van der Waals surface area contributed by atoms with Crippen molar-refractivity contribution in [3.63, 3.8) is 0 Å². The fourth-order valence-electron chi connectivity index (χ4n) is 4.81. The van der Waals surface area contributed by atoms with Crippen LogP contribution in [0.5, 0.6) is 0 Å². The van der Waals surface area contributed by atoms with Gasteiger partial charge in [0.1, 0.15) is 11.6 Å². The van der Waals surface area contributed by atoms with Gasteiger partial charge in [0.05, 0.1) is 29.8 Å². The van der Waals surface area contributed by atoms with Crippen LogP contribution in [0.25, 0.3) is 16.7 Å².